The Bertz CT molecular complexity index is 1520. The largest absolute Gasteiger partial charge is 0.361 e. The summed E-state index contributed by atoms with van der Waals surface area (Å²) < 4.78 is 3.40. The van der Waals surface area contributed by atoms with E-state index in [2.05, 4.69) is 144 Å². The van der Waals surface area contributed by atoms with E-state index in [4.69, 9.17) is 0 Å². The zero-order chi connectivity index (χ0) is 24.8. The second-order valence-corrected chi connectivity index (χ2v) is 9.72. The number of para-hydroxylation sites is 2. The second kappa shape index (κ2) is 11.2. The lowest BCUT2D eigenvalue weighted by Crippen LogP contribution is -1.93. The van der Waals surface area contributed by atoms with Crippen LogP contribution in [0.5, 0.6) is 0 Å². The third-order valence-electron chi connectivity index (χ3n) is 6.30. The monoisotopic (exact) mass is 522 g/mol. The number of nitrogens with zero attached hydrogens (tertiary/aromatic N) is 1. The molecule has 176 valence electrons. The Hall–Kier alpha value is -3.56. The van der Waals surface area contributed by atoms with Crippen LogP contribution in [0.25, 0.3) is 27.5 Å². The maximum absolute atomic E-state index is 3.40. The number of hydrogen-bond donors (Lipinski definition) is 1. The Kier molecular flexibility index (Phi) is 7.89. The first-order valence-electron chi connectivity index (χ1n) is 11.8. The molecule has 4 aromatic carbocycles. The molecule has 3 heteroatoms. The summed E-state index contributed by atoms with van der Waals surface area (Å²) in [5.41, 5.74) is 9.05. The van der Waals surface area contributed by atoms with Crippen LogP contribution in [0.3, 0.4) is 0 Å². The molecule has 0 atom stereocenters. The van der Waals surface area contributed by atoms with Crippen molar-refractivity contribution in [1.82, 2.24) is 9.55 Å². The quantitative estimate of drug-likeness (QED) is 0.222. The summed E-state index contributed by atoms with van der Waals surface area (Å²) in [5.74, 6) is 0. The number of halogens is 1. The third-order valence-corrected chi connectivity index (χ3v) is 6.79. The maximum atomic E-state index is 3.40. The number of aromatic amines is 1. The van der Waals surface area contributed by atoms with Crippen LogP contribution in [0.4, 0.5) is 0 Å². The van der Waals surface area contributed by atoms with Gasteiger partial charge in [-0.25, -0.2) is 0 Å². The predicted octanol–water partition coefficient (Wildman–Crippen LogP) is 9.48. The Morgan fingerprint density at radius 2 is 1.26 bits per heavy atom. The zero-order valence-electron chi connectivity index (χ0n) is 20.7. The molecule has 2 nitrogen and oxygen atoms in total. The number of nitrogens with one attached hydrogen (secondary N) is 1. The highest BCUT2D eigenvalue weighted by Gasteiger charge is 2.03. The molecule has 0 amide bonds. The third kappa shape index (κ3) is 6.12. The molecule has 0 unspecified atom stereocenters. The Morgan fingerprint density at radius 3 is 1.94 bits per heavy atom. The van der Waals surface area contributed by atoms with E-state index in [-0.39, 0.29) is 0 Å². The van der Waals surface area contributed by atoms with Gasteiger partial charge in [-0.1, -0.05) is 64.5 Å². The number of rotatable bonds is 1. The zero-order valence-corrected chi connectivity index (χ0v) is 22.3. The normalized spacial score (nSPS) is 10.4. The van der Waals surface area contributed by atoms with Crippen LogP contribution in [0.2, 0.25) is 0 Å². The van der Waals surface area contributed by atoms with E-state index in [9.17, 15) is 0 Å². The van der Waals surface area contributed by atoms with Crippen LogP contribution in [0.15, 0.2) is 114 Å². The minimum absolute atomic E-state index is 1.16. The van der Waals surface area contributed by atoms with Gasteiger partial charge >= 0.3 is 0 Å². The van der Waals surface area contributed by atoms with Gasteiger partial charge in [-0.2, -0.15) is 0 Å². The smallest absolute Gasteiger partial charge is 0.0528 e. The fourth-order valence-corrected chi connectivity index (χ4v) is 4.36. The van der Waals surface area contributed by atoms with Crippen molar-refractivity contribution in [1.29, 1.82) is 0 Å². The van der Waals surface area contributed by atoms with E-state index in [1.165, 1.54) is 49.7 Å². The average molecular weight is 524 g/mol. The minimum Gasteiger partial charge on any atom is -0.361 e. The van der Waals surface area contributed by atoms with Gasteiger partial charge in [0.1, 0.15) is 0 Å². The van der Waals surface area contributed by atoms with E-state index in [1.807, 2.05) is 18.3 Å². The molecule has 0 aliphatic rings. The van der Waals surface area contributed by atoms with Crippen molar-refractivity contribution in [2.24, 2.45) is 0 Å². The van der Waals surface area contributed by atoms with Crippen molar-refractivity contribution in [2.45, 2.75) is 27.7 Å². The van der Waals surface area contributed by atoms with E-state index < -0.39 is 0 Å². The fourth-order valence-electron chi connectivity index (χ4n) is 3.88. The molecule has 0 spiro atoms. The maximum Gasteiger partial charge on any atom is 0.0528 e. The molecule has 0 aliphatic carbocycles. The van der Waals surface area contributed by atoms with Gasteiger partial charge in [0.25, 0.3) is 0 Å². The molecule has 35 heavy (non-hydrogen) atoms. The summed E-state index contributed by atoms with van der Waals surface area (Å²) in [7, 11) is 0. The van der Waals surface area contributed by atoms with E-state index >= 15 is 0 Å². The van der Waals surface area contributed by atoms with Crippen molar-refractivity contribution < 1.29 is 0 Å². The molecule has 2 heterocycles. The van der Waals surface area contributed by atoms with Crippen LogP contribution < -0.4 is 0 Å². The van der Waals surface area contributed by atoms with Gasteiger partial charge < -0.3 is 9.55 Å². The topological polar surface area (TPSA) is 20.7 Å². The van der Waals surface area contributed by atoms with Crippen molar-refractivity contribution in [3.63, 3.8) is 0 Å². The highest BCUT2D eigenvalue weighted by atomic mass is 79.9. The van der Waals surface area contributed by atoms with Crippen LogP contribution in [-0.4, -0.2) is 9.55 Å². The van der Waals surface area contributed by atoms with Crippen molar-refractivity contribution in [3.8, 4) is 5.69 Å². The fraction of sp³-hybridized carbons (Fsp3) is 0.125. The van der Waals surface area contributed by atoms with Gasteiger partial charge in [0.15, 0.2) is 0 Å². The Morgan fingerprint density at radius 1 is 0.600 bits per heavy atom. The van der Waals surface area contributed by atoms with Crippen molar-refractivity contribution in [2.75, 3.05) is 0 Å². The lowest BCUT2D eigenvalue weighted by molar-refractivity contribution is 1.11. The molecular weight excluding hydrogens is 492 g/mol. The SMILES string of the molecule is Cc1ccc(-n2ccc3ccccc32)cc1C.Cc1ccc(Br)cc1C.c1ccc2[nH]ccc2c1. The molecule has 0 radical (unpaired) electrons. The summed E-state index contributed by atoms with van der Waals surface area (Å²) in [6.07, 6.45) is 4.08. The average Bonchev–Trinajstić information content (AvgIpc) is 3.51. The standard InChI is InChI=1S/C16H15N.C8H9Br.C8H7N/c1-12-7-8-15(11-13(12)2)17-10-9-14-5-3-4-6-16(14)17;1-6-3-4-8(9)5-7(6)2;1-2-4-8-7(3-1)5-6-9-8/h3-11H,1-2H3;3-5H,1-2H3;1-6,9H. The number of fused-ring (bicyclic) bond motifs is 2. The highest BCUT2D eigenvalue weighted by Crippen LogP contribution is 2.21. The molecule has 0 saturated heterocycles. The lowest BCUT2D eigenvalue weighted by atomic mass is 10.1. The molecule has 6 aromatic rings. The first kappa shape index (κ1) is 24.6. The molecular formula is C32H31BrN2. The molecule has 1 N–H and O–H groups in total. The van der Waals surface area contributed by atoms with E-state index in [1.54, 1.807) is 0 Å². The molecule has 0 saturated carbocycles. The minimum atomic E-state index is 1.16. The number of aryl methyl sites for hydroxylation is 4. The first-order valence-corrected chi connectivity index (χ1v) is 12.6. The molecule has 0 bridgehead atoms. The van der Waals surface area contributed by atoms with Gasteiger partial charge in [0.05, 0.1) is 5.52 Å². The predicted molar refractivity (Wildman–Crippen MR) is 155 cm³/mol. The van der Waals surface area contributed by atoms with Crippen molar-refractivity contribution >= 4 is 37.7 Å². The summed E-state index contributed by atoms with van der Waals surface area (Å²) in [4.78, 5) is 3.12. The number of hydrogen-bond acceptors (Lipinski definition) is 0. The second-order valence-electron chi connectivity index (χ2n) is 8.81. The van der Waals surface area contributed by atoms with E-state index in [0.717, 1.165) is 4.47 Å². The molecule has 0 aliphatic heterocycles. The molecule has 2 aromatic heterocycles. The Balaban J connectivity index is 0.000000136. The summed E-state index contributed by atoms with van der Waals surface area (Å²) >= 11 is 3.40. The summed E-state index contributed by atoms with van der Waals surface area (Å²) in [6.45, 7) is 8.53. The van der Waals surface area contributed by atoms with E-state index in [0.29, 0.717) is 0 Å². The number of aromatic nitrogens is 2. The van der Waals surface area contributed by atoms with Gasteiger partial charge in [0.2, 0.25) is 0 Å². The number of benzene rings is 4. The van der Waals surface area contributed by atoms with Crippen LogP contribution >= 0.6 is 15.9 Å². The van der Waals surface area contributed by atoms with Crippen LogP contribution in [0, 0.1) is 27.7 Å². The summed E-state index contributed by atoms with van der Waals surface area (Å²) in [6, 6.07) is 33.8. The van der Waals surface area contributed by atoms with Gasteiger partial charge in [-0.05, 0) is 109 Å². The first-order chi connectivity index (χ1) is 16.9. The van der Waals surface area contributed by atoms with Gasteiger partial charge in [0, 0.05) is 28.1 Å². The molecule has 0 fully saturated rings. The highest BCUT2D eigenvalue weighted by molar-refractivity contribution is 9.10. The number of H-pyrrole nitrogens is 1. The lowest BCUT2D eigenvalue weighted by Gasteiger charge is -2.08. The van der Waals surface area contributed by atoms with Crippen molar-refractivity contribution in [3.05, 3.63) is 136 Å². The van der Waals surface area contributed by atoms with Gasteiger partial charge in [-0.15, -0.1) is 0 Å². The van der Waals surface area contributed by atoms with Crippen LogP contribution in [-0.2, 0) is 0 Å². The van der Waals surface area contributed by atoms with Crippen LogP contribution in [0.1, 0.15) is 22.3 Å². The summed E-state index contributed by atoms with van der Waals surface area (Å²) in [5, 5.41) is 2.56. The molecule has 6 rings (SSSR count). The van der Waals surface area contributed by atoms with Gasteiger partial charge in [-0.3, -0.25) is 0 Å². The Labute approximate surface area is 216 Å².